The maximum absolute atomic E-state index is 9.71. The molecule has 0 spiro atoms. The highest BCUT2D eigenvalue weighted by Gasteiger charge is 2.03. The Balaban J connectivity index is 1.84. The SMILES string of the molecule is CC[C@@H](O)c1ccc(OCC=Cc2ccccc2)cc1. The molecular weight excluding hydrogens is 248 g/mol. The van der Waals surface area contributed by atoms with Crippen molar-refractivity contribution in [2.45, 2.75) is 19.4 Å². The van der Waals surface area contributed by atoms with E-state index in [1.54, 1.807) is 0 Å². The highest BCUT2D eigenvalue weighted by molar-refractivity contribution is 5.48. The minimum atomic E-state index is -0.387. The number of hydrogen-bond donors (Lipinski definition) is 1. The zero-order valence-electron chi connectivity index (χ0n) is 11.7. The third-order valence-corrected chi connectivity index (χ3v) is 3.11. The van der Waals surface area contributed by atoms with E-state index in [0.29, 0.717) is 6.61 Å². The van der Waals surface area contributed by atoms with Gasteiger partial charge < -0.3 is 9.84 Å². The molecule has 2 rings (SSSR count). The first-order valence-electron chi connectivity index (χ1n) is 6.92. The Morgan fingerprint density at radius 3 is 2.40 bits per heavy atom. The van der Waals surface area contributed by atoms with Crippen LogP contribution in [-0.2, 0) is 0 Å². The monoisotopic (exact) mass is 268 g/mol. The summed E-state index contributed by atoms with van der Waals surface area (Å²) in [4.78, 5) is 0. The second-order valence-corrected chi connectivity index (χ2v) is 4.62. The molecule has 0 unspecified atom stereocenters. The number of rotatable bonds is 6. The van der Waals surface area contributed by atoms with Gasteiger partial charge in [0.15, 0.2) is 0 Å². The molecule has 0 aliphatic rings. The molecule has 0 aliphatic carbocycles. The molecule has 0 amide bonds. The minimum absolute atomic E-state index is 0.387. The first-order valence-corrected chi connectivity index (χ1v) is 6.92. The average Bonchev–Trinajstić information content (AvgIpc) is 2.52. The molecule has 2 aromatic rings. The second-order valence-electron chi connectivity index (χ2n) is 4.62. The summed E-state index contributed by atoms with van der Waals surface area (Å²) < 4.78 is 5.63. The number of hydrogen-bond acceptors (Lipinski definition) is 2. The van der Waals surface area contributed by atoms with Crippen LogP contribution in [0.4, 0.5) is 0 Å². The molecule has 0 radical (unpaired) electrons. The molecule has 104 valence electrons. The van der Waals surface area contributed by atoms with E-state index < -0.39 is 0 Å². The molecule has 0 saturated carbocycles. The maximum atomic E-state index is 9.71. The molecule has 1 N–H and O–H groups in total. The van der Waals surface area contributed by atoms with Crippen molar-refractivity contribution in [1.82, 2.24) is 0 Å². The van der Waals surface area contributed by atoms with Crippen LogP contribution >= 0.6 is 0 Å². The zero-order valence-corrected chi connectivity index (χ0v) is 11.7. The van der Waals surface area contributed by atoms with Crippen molar-refractivity contribution in [2.24, 2.45) is 0 Å². The topological polar surface area (TPSA) is 29.5 Å². The van der Waals surface area contributed by atoms with Crippen LogP contribution in [0.15, 0.2) is 60.7 Å². The number of ether oxygens (including phenoxy) is 1. The summed E-state index contributed by atoms with van der Waals surface area (Å²) in [6.45, 7) is 2.49. The van der Waals surface area contributed by atoms with E-state index >= 15 is 0 Å². The predicted molar refractivity (Wildman–Crippen MR) is 82.7 cm³/mol. The van der Waals surface area contributed by atoms with Gasteiger partial charge in [0.25, 0.3) is 0 Å². The van der Waals surface area contributed by atoms with E-state index in [0.717, 1.165) is 23.3 Å². The van der Waals surface area contributed by atoms with Gasteiger partial charge in [-0.25, -0.2) is 0 Å². The Kier molecular flexibility index (Phi) is 5.39. The molecule has 20 heavy (non-hydrogen) atoms. The highest BCUT2D eigenvalue weighted by atomic mass is 16.5. The fourth-order valence-corrected chi connectivity index (χ4v) is 1.91. The molecule has 0 bridgehead atoms. The smallest absolute Gasteiger partial charge is 0.119 e. The van der Waals surface area contributed by atoms with Crippen LogP contribution in [0.5, 0.6) is 5.75 Å². The molecule has 1 atom stereocenters. The van der Waals surface area contributed by atoms with Crippen molar-refractivity contribution in [3.05, 3.63) is 71.8 Å². The summed E-state index contributed by atoms with van der Waals surface area (Å²) in [6, 6.07) is 17.7. The average molecular weight is 268 g/mol. The highest BCUT2D eigenvalue weighted by Crippen LogP contribution is 2.19. The molecular formula is C18H20O2. The number of aliphatic hydroxyl groups excluding tert-OH is 1. The van der Waals surface area contributed by atoms with Crippen molar-refractivity contribution in [2.75, 3.05) is 6.61 Å². The third-order valence-electron chi connectivity index (χ3n) is 3.11. The Morgan fingerprint density at radius 1 is 1.05 bits per heavy atom. The fraction of sp³-hybridized carbons (Fsp3) is 0.222. The normalized spacial score (nSPS) is 12.5. The molecule has 0 fully saturated rings. The van der Waals surface area contributed by atoms with E-state index in [2.05, 4.69) is 12.1 Å². The first kappa shape index (κ1) is 14.4. The van der Waals surface area contributed by atoms with Gasteiger partial charge in [0, 0.05) is 0 Å². The lowest BCUT2D eigenvalue weighted by Gasteiger charge is -2.09. The van der Waals surface area contributed by atoms with E-state index in [1.807, 2.05) is 61.5 Å². The summed E-state index contributed by atoms with van der Waals surface area (Å²) in [6.07, 6.45) is 4.36. The van der Waals surface area contributed by atoms with E-state index in [4.69, 9.17) is 4.74 Å². The van der Waals surface area contributed by atoms with Crippen LogP contribution in [0.1, 0.15) is 30.6 Å². The Hall–Kier alpha value is -2.06. The molecule has 2 nitrogen and oxygen atoms in total. The second kappa shape index (κ2) is 7.51. The molecule has 2 aromatic carbocycles. The third kappa shape index (κ3) is 4.25. The number of aliphatic hydroxyl groups is 1. The van der Waals surface area contributed by atoms with Gasteiger partial charge in [-0.2, -0.15) is 0 Å². The summed E-state index contributed by atoms with van der Waals surface area (Å²) >= 11 is 0. The summed E-state index contributed by atoms with van der Waals surface area (Å²) in [7, 11) is 0. The quantitative estimate of drug-likeness (QED) is 0.850. The molecule has 0 saturated heterocycles. The van der Waals surface area contributed by atoms with Crippen LogP contribution in [0.2, 0.25) is 0 Å². The van der Waals surface area contributed by atoms with Gasteiger partial charge in [-0.15, -0.1) is 0 Å². The van der Waals surface area contributed by atoms with Gasteiger partial charge in [-0.3, -0.25) is 0 Å². The van der Waals surface area contributed by atoms with Gasteiger partial charge in [0.05, 0.1) is 6.10 Å². The Morgan fingerprint density at radius 2 is 1.75 bits per heavy atom. The van der Waals surface area contributed by atoms with E-state index in [-0.39, 0.29) is 6.10 Å². The Bertz CT molecular complexity index is 529. The molecule has 0 aromatic heterocycles. The van der Waals surface area contributed by atoms with Gasteiger partial charge in [0.2, 0.25) is 0 Å². The summed E-state index contributed by atoms with van der Waals surface area (Å²) in [5.41, 5.74) is 2.09. The van der Waals surface area contributed by atoms with E-state index in [1.165, 1.54) is 0 Å². The van der Waals surface area contributed by atoms with Crippen LogP contribution in [0.25, 0.3) is 6.08 Å². The van der Waals surface area contributed by atoms with Crippen molar-refractivity contribution >= 4 is 6.08 Å². The van der Waals surface area contributed by atoms with Crippen LogP contribution in [0.3, 0.4) is 0 Å². The fourth-order valence-electron chi connectivity index (χ4n) is 1.91. The van der Waals surface area contributed by atoms with Crippen LogP contribution in [0, 0.1) is 0 Å². The Labute approximate surface area is 120 Å². The van der Waals surface area contributed by atoms with Crippen molar-refractivity contribution < 1.29 is 9.84 Å². The number of benzene rings is 2. The summed E-state index contributed by atoms with van der Waals surface area (Å²) in [5.74, 6) is 0.815. The molecule has 0 heterocycles. The largest absolute Gasteiger partial charge is 0.490 e. The predicted octanol–water partition coefficient (Wildman–Crippen LogP) is 4.22. The molecule has 0 aliphatic heterocycles. The van der Waals surface area contributed by atoms with Crippen LogP contribution in [-0.4, -0.2) is 11.7 Å². The van der Waals surface area contributed by atoms with Gasteiger partial charge in [-0.1, -0.05) is 55.5 Å². The van der Waals surface area contributed by atoms with Crippen LogP contribution < -0.4 is 4.74 Å². The minimum Gasteiger partial charge on any atom is -0.490 e. The van der Waals surface area contributed by atoms with Gasteiger partial charge in [0.1, 0.15) is 12.4 Å². The lowest BCUT2D eigenvalue weighted by molar-refractivity contribution is 0.173. The van der Waals surface area contributed by atoms with Crippen molar-refractivity contribution in [1.29, 1.82) is 0 Å². The van der Waals surface area contributed by atoms with E-state index in [9.17, 15) is 5.11 Å². The lowest BCUT2D eigenvalue weighted by Crippen LogP contribution is -1.96. The van der Waals surface area contributed by atoms with Crippen molar-refractivity contribution in [3.8, 4) is 5.75 Å². The maximum Gasteiger partial charge on any atom is 0.119 e. The zero-order chi connectivity index (χ0) is 14.2. The molecule has 2 heteroatoms. The van der Waals surface area contributed by atoms with Gasteiger partial charge >= 0.3 is 0 Å². The lowest BCUT2D eigenvalue weighted by atomic mass is 10.1. The first-order chi connectivity index (χ1) is 9.79. The standard InChI is InChI=1S/C18H20O2/c1-2-18(19)16-10-12-17(13-11-16)20-14-6-9-15-7-4-3-5-8-15/h3-13,18-19H,2,14H2,1H3/t18-/m1/s1. The van der Waals surface area contributed by atoms with Gasteiger partial charge in [-0.05, 0) is 35.8 Å². The summed E-state index contributed by atoms with van der Waals surface area (Å²) in [5, 5.41) is 9.71. The van der Waals surface area contributed by atoms with Crippen molar-refractivity contribution in [3.63, 3.8) is 0 Å².